The van der Waals surface area contributed by atoms with Gasteiger partial charge in [0.05, 0.1) is 30.3 Å². The summed E-state index contributed by atoms with van der Waals surface area (Å²) in [4.78, 5) is 37.3. The number of amides is 1. The summed E-state index contributed by atoms with van der Waals surface area (Å²) in [6.45, 7) is 2.45. The first-order valence-corrected chi connectivity index (χ1v) is 12.9. The number of aliphatic imine (C=N–C) groups is 1. The first-order chi connectivity index (χ1) is 18.2. The van der Waals surface area contributed by atoms with Gasteiger partial charge < -0.3 is 15.0 Å². The van der Waals surface area contributed by atoms with Crippen LogP contribution in [0.2, 0.25) is 0 Å². The molecular weight excluding hydrogens is 484 g/mol. The Bertz CT molecular complexity index is 1370. The molecular formula is C29H26N4O3S. The molecule has 7 nitrogen and oxygen atoms in total. The van der Waals surface area contributed by atoms with Gasteiger partial charge in [-0.15, -0.1) is 0 Å². The van der Waals surface area contributed by atoms with E-state index < -0.39 is 12.0 Å². The third-order valence-electron chi connectivity index (χ3n) is 6.05. The van der Waals surface area contributed by atoms with Crippen LogP contribution >= 0.6 is 11.8 Å². The Morgan fingerprint density at radius 1 is 1.00 bits per heavy atom. The maximum Gasteiger partial charge on any atom is 0.338 e. The average Bonchev–Trinajstić information content (AvgIpc) is 3.34. The summed E-state index contributed by atoms with van der Waals surface area (Å²) in [6, 6.07) is 22.7. The van der Waals surface area contributed by atoms with E-state index >= 15 is 0 Å². The maximum atomic E-state index is 13.5. The number of carbonyl (C=O) groups excluding carboxylic acids is 2. The summed E-state index contributed by atoms with van der Waals surface area (Å²) < 4.78 is 5.53. The second kappa shape index (κ2) is 11.3. The minimum absolute atomic E-state index is 0.118. The molecule has 1 amide bonds. The van der Waals surface area contributed by atoms with Crippen molar-refractivity contribution in [3.63, 3.8) is 0 Å². The quantitative estimate of drug-likeness (QED) is 0.427. The number of esters is 1. The van der Waals surface area contributed by atoms with Gasteiger partial charge in [-0.2, -0.15) is 0 Å². The van der Waals surface area contributed by atoms with Gasteiger partial charge in [0.25, 0.3) is 0 Å². The molecule has 1 N–H and O–H groups in total. The lowest BCUT2D eigenvalue weighted by atomic mass is 9.91. The summed E-state index contributed by atoms with van der Waals surface area (Å²) in [5, 5.41) is 5.64. The van der Waals surface area contributed by atoms with E-state index in [9.17, 15) is 9.59 Å². The van der Waals surface area contributed by atoms with Gasteiger partial charge in [0.15, 0.2) is 5.17 Å². The van der Waals surface area contributed by atoms with Gasteiger partial charge in [-0.1, -0.05) is 72.4 Å². The second-order valence-corrected chi connectivity index (χ2v) is 9.30. The van der Waals surface area contributed by atoms with E-state index in [-0.39, 0.29) is 18.9 Å². The average molecular weight is 511 g/mol. The Labute approximate surface area is 220 Å². The van der Waals surface area contributed by atoms with Crippen molar-refractivity contribution in [2.24, 2.45) is 4.99 Å². The van der Waals surface area contributed by atoms with Gasteiger partial charge in [0.2, 0.25) is 5.91 Å². The predicted molar refractivity (Wildman–Crippen MR) is 145 cm³/mol. The first kappa shape index (κ1) is 24.5. The summed E-state index contributed by atoms with van der Waals surface area (Å²) in [7, 11) is 0. The first-order valence-electron chi connectivity index (χ1n) is 12.1. The number of ether oxygens (including phenoxy) is 1. The normalized spacial score (nSPS) is 16.6. The van der Waals surface area contributed by atoms with Crippen molar-refractivity contribution in [1.82, 2.24) is 15.2 Å². The number of benzene rings is 2. The Balaban J connectivity index is 1.51. The Morgan fingerprint density at radius 3 is 2.41 bits per heavy atom. The number of hydrogen-bond donors (Lipinski definition) is 1. The zero-order valence-electron chi connectivity index (χ0n) is 20.3. The van der Waals surface area contributed by atoms with Gasteiger partial charge in [-0.25, -0.2) is 9.79 Å². The molecule has 0 aliphatic carbocycles. The summed E-state index contributed by atoms with van der Waals surface area (Å²) in [6.07, 6.45) is 3.55. The van der Waals surface area contributed by atoms with Crippen LogP contribution in [0.4, 0.5) is 0 Å². The minimum atomic E-state index is -0.489. The number of amidine groups is 1. The molecule has 0 spiro atoms. The molecule has 186 valence electrons. The zero-order valence-corrected chi connectivity index (χ0v) is 21.2. The zero-order chi connectivity index (χ0) is 25.6. The fraction of sp³-hybridized carbons (Fsp3) is 0.172. The molecule has 5 rings (SSSR count). The van der Waals surface area contributed by atoms with Crippen LogP contribution in [0.1, 0.15) is 36.1 Å². The van der Waals surface area contributed by atoms with E-state index in [1.54, 1.807) is 19.3 Å². The molecule has 0 unspecified atom stereocenters. The van der Waals surface area contributed by atoms with Crippen LogP contribution in [0.3, 0.4) is 0 Å². The maximum absolute atomic E-state index is 13.5. The van der Waals surface area contributed by atoms with Gasteiger partial charge in [0.1, 0.15) is 0 Å². The number of carbonyl (C=O) groups is 2. The van der Waals surface area contributed by atoms with Crippen molar-refractivity contribution in [3.05, 3.63) is 119 Å². The van der Waals surface area contributed by atoms with Crippen LogP contribution in [0.5, 0.6) is 0 Å². The van der Waals surface area contributed by atoms with Crippen molar-refractivity contribution in [2.75, 3.05) is 6.61 Å². The number of rotatable bonds is 8. The summed E-state index contributed by atoms with van der Waals surface area (Å²) in [5.41, 5.74) is 4.54. The van der Waals surface area contributed by atoms with Crippen LogP contribution in [-0.2, 0) is 20.9 Å². The number of aromatic nitrogens is 1. The molecule has 0 fully saturated rings. The van der Waals surface area contributed by atoms with Crippen LogP contribution in [0.25, 0.3) is 5.70 Å². The van der Waals surface area contributed by atoms with Crippen LogP contribution < -0.4 is 5.32 Å². The highest BCUT2D eigenvalue weighted by atomic mass is 32.2. The molecule has 0 saturated carbocycles. The van der Waals surface area contributed by atoms with E-state index in [0.717, 1.165) is 27.6 Å². The molecule has 2 aliphatic rings. The summed E-state index contributed by atoms with van der Waals surface area (Å²) in [5.74, 6) is -0.538. The molecule has 37 heavy (non-hydrogen) atoms. The second-order valence-electron chi connectivity index (χ2n) is 8.46. The summed E-state index contributed by atoms with van der Waals surface area (Å²) >= 11 is 1.45. The topological polar surface area (TPSA) is 83.9 Å². The van der Waals surface area contributed by atoms with Crippen molar-refractivity contribution in [1.29, 1.82) is 0 Å². The number of nitrogens with zero attached hydrogens (tertiary/aromatic N) is 3. The molecule has 0 saturated heterocycles. The number of thioether (sulfide) groups is 1. The van der Waals surface area contributed by atoms with E-state index in [4.69, 9.17) is 9.73 Å². The van der Waals surface area contributed by atoms with E-state index in [0.29, 0.717) is 17.8 Å². The lowest BCUT2D eigenvalue weighted by Crippen LogP contribution is -2.38. The van der Waals surface area contributed by atoms with E-state index in [2.05, 4.69) is 10.3 Å². The standard InChI is InChI=1S/C29H26N4O3S/c1-2-36-28(35)25-26(21-9-5-3-6-10-21)32-29-33(27(25)22-11-7-4-8-12-22)23(19-37-29)17-24(34)31-18-20-13-15-30-16-14-20/h3-16,19,27H,2,17-18H2,1H3,(H,31,34)/t27-/m1/s1. The van der Waals surface area contributed by atoms with Crippen molar-refractivity contribution < 1.29 is 14.3 Å². The molecule has 0 radical (unpaired) electrons. The Hall–Kier alpha value is -4.17. The molecule has 2 aliphatic heterocycles. The fourth-order valence-corrected chi connectivity index (χ4v) is 5.29. The largest absolute Gasteiger partial charge is 0.463 e. The Morgan fingerprint density at radius 2 is 1.70 bits per heavy atom. The molecule has 1 atom stereocenters. The highest BCUT2D eigenvalue weighted by molar-refractivity contribution is 8.16. The minimum Gasteiger partial charge on any atom is -0.463 e. The number of hydrogen-bond acceptors (Lipinski definition) is 7. The van der Waals surface area contributed by atoms with Crippen LogP contribution in [0, 0.1) is 0 Å². The monoisotopic (exact) mass is 510 g/mol. The lowest BCUT2D eigenvalue weighted by molar-refractivity contribution is -0.139. The van der Waals surface area contributed by atoms with Crippen LogP contribution in [-0.4, -0.2) is 33.5 Å². The van der Waals surface area contributed by atoms with Gasteiger partial charge in [-0.05, 0) is 35.6 Å². The van der Waals surface area contributed by atoms with Crippen molar-refractivity contribution in [2.45, 2.75) is 25.9 Å². The Kier molecular flexibility index (Phi) is 7.46. The molecule has 0 bridgehead atoms. The SMILES string of the molecule is CCOC(=O)C1=C(c2ccccc2)N=C2SC=C(CC(=O)NCc3ccncc3)N2[C@@H]1c1ccccc1. The number of pyridine rings is 1. The van der Waals surface area contributed by atoms with Crippen molar-refractivity contribution >= 4 is 34.5 Å². The molecule has 1 aromatic heterocycles. The highest BCUT2D eigenvalue weighted by Gasteiger charge is 2.42. The molecule has 3 aromatic rings. The van der Waals surface area contributed by atoms with Crippen molar-refractivity contribution in [3.8, 4) is 0 Å². The van der Waals surface area contributed by atoms with E-state index in [1.165, 1.54) is 11.8 Å². The van der Waals surface area contributed by atoms with Gasteiger partial charge in [0, 0.05) is 30.2 Å². The smallest absolute Gasteiger partial charge is 0.338 e. The number of fused-ring (bicyclic) bond motifs is 1. The molecule has 8 heteroatoms. The predicted octanol–water partition coefficient (Wildman–Crippen LogP) is 5.06. The molecule has 3 heterocycles. The van der Waals surface area contributed by atoms with E-state index in [1.807, 2.05) is 83.1 Å². The van der Waals surface area contributed by atoms with Gasteiger partial charge >= 0.3 is 5.97 Å². The highest BCUT2D eigenvalue weighted by Crippen LogP contribution is 2.46. The number of nitrogens with one attached hydrogen (secondary N) is 1. The third-order valence-corrected chi connectivity index (χ3v) is 6.94. The molecule has 2 aromatic carbocycles. The fourth-order valence-electron chi connectivity index (χ4n) is 4.37. The van der Waals surface area contributed by atoms with Gasteiger partial charge in [-0.3, -0.25) is 9.78 Å². The third kappa shape index (κ3) is 5.34. The lowest BCUT2D eigenvalue weighted by Gasteiger charge is -2.36. The van der Waals surface area contributed by atoms with Crippen LogP contribution in [0.15, 0.2) is 107 Å².